The molecule has 0 aliphatic carbocycles. The van der Waals surface area contributed by atoms with E-state index < -0.39 is 0 Å². The van der Waals surface area contributed by atoms with Crippen LogP contribution in [0.1, 0.15) is 12.0 Å². The molecule has 1 aliphatic heterocycles. The number of nitrogens with one attached hydrogen (secondary N) is 3. The largest absolute Gasteiger partial charge is 0.354 e. The lowest BCUT2D eigenvalue weighted by molar-refractivity contribution is -0.116. The Balaban J connectivity index is 1.35. The van der Waals surface area contributed by atoms with Gasteiger partial charge in [0.15, 0.2) is 0 Å². The number of carbonyl (C=O) groups is 2. The summed E-state index contributed by atoms with van der Waals surface area (Å²) in [5, 5.41) is 6.81. The van der Waals surface area contributed by atoms with Crippen molar-refractivity contribution in [1.29, 1.82) is 0 Å². The van der Waals surface area contributed by atoms with E-state index in [0.717, 1.165) is 38.3 Å². The monoisotopic (exact) mass is 445 g/mol. The van der Waals surface area contributed by atoms with Crippen LogP contribution in [0.25, 0.3) is 22.2 Å². The fourth-order valence-corrected chi connectivity index (χ4v) is 4.73. The lowest BCUT2D eigenvalue weighted by Crippen LogP contribution is -2.19. The van der Waals surface area contributed by atoms with Gasteiger partial charge in [0, 0.05) is 33.6 Å². The first-order valence-electron chi connectivity index (χ1n) is 10.3. The summed E-state index contributed by atoms with van der Waals surface area (Å²) in [5.41, 5.74) is 5.14. The number of aromatic nitrogens is 1. The van der Waals surface area contributed by atoms with Crippen LogP contribution in [0.2, 0.25) is 0 Å². The van der Waals surface area contributed by atoms with E-state index in [1.807, 2.05) is 36.4 Å². The number of thioether (sulfide) groups is 1. The Morgan fingerprint density at radius 3 is 2.72 bits per heavy atom. The highest BCUT2D eigenvalue weighted by Crippen LogP contribution is 2.34. The molecule has 0 atom stereocenters. The molecule has 0 bridgehead atoms. The number of benzene rings is 3. The molecule has 5 nitrogen and oxygen atoms in total. The predicted molar refractivity (Wildman–Crippen MR) is 126 cm³/mol. The highest BCUT2D eigenvalue weighted by molar-refractivity contribution is 8.00. The average molecular weight is 446 g/mol. The molecule has 7 heteroatoms. The van der Waals surface area contributed by atoms with E-state index >= 15 is 0 Å². The Bertz CT molecular complexity index is 1330. The quantitative estimate of drug-likeness (QED) is 0.375. The number of rotatable bonds is 5. The van der Waals surface area contributed by atoms with Gasteiger partial charge in [0.05, 0.1) is 11.4 Å². The molecule has 3 aromatic carbocycles. The molecule has 2 amide bonds. The smallest absolute Gasteiger partial charge is 0.234 e. The van der Waals surface area contributed by atoms with Gasteiger partial charge < -0.3 is 15.6 Å². The zero-order valence-electron chi connectivity index (χ0n) is 17.1. The standard InChI is InChI=1S/C25H20FN3O2S/c26-16-7-5-15(6-8-16)25-19(18-3-1-2-4-20(18)29-25)10-12-23(30)27-17-9-11-22-21(13-17)28-24(31)14-32-22/h1-9,11,13,29H,10,12,14H2,(H,27,30)(H,28,31). The minimum atomic E-state index is -0.287. The number of aromatic amines is 1. The number of aryl methyl sites for hydroxylation is 1. The summed E-state index contributed by atoms with van der Waals surface area (Å²) < 4.78 is 13.4. The van der Waals surface area contributed by atoms with Crippen LogP contribution < -0.4 is 10.6 Å². The van der Waals surface area contributed by atoms with Gasteiger partial charge in [-0.3, -0.25) is 9.59 Å². The Morgan fingerprint density at radius 1 is 1.06 bits per heavy atom. The van der Waals surface area contributed by atoms with E-state index in [4.69, 9.17) is 0 Å². The minimum Gasteiger partial charge on any atom is -0.354 e. The summed E-state index contributed by atoms with van der Waals surface area (Å²) in [6.07, 6.45) is 0.814. The van der Waals surface area contributed by atoms with E-state index in [1.165, 1.54) is 23.9 Å². The van der Waals surface area contributed by atoms with Crippen molar-refractivity contribution in [3.05, 3.63) is 78.1 Å². The number of hydrogen-bond donors (Lipinski definition) is 3. The van der Waals surface area contributed by atoms with Crippen LogP contribution in [0.5, 0.6) is 0 Å². The van der Waals surface area contributed by atoms with Crippen LogP contribution in [0, 0.1) is 5.82 Å². The number of amides is 2. The highest BCUT2D eigenvalue weighted by atomic mass is 32.2. The second kappa shape index (κ2) is 8.51. The molecule has 1 aliphatic rings. The average Bonchev–Trinajstić information content (AvgIpc) is 3.16. The molecule has 5 rings (SSSR count). The predicted octanol–water partition coefficient (Wildman–Crippen LogP) is 5.59. The molecule has 0 radical (unpaired) electrons. The van der Waals surface area contributed by atoms with Gasteiger partial charge in [-0.25, -0.2) is 4.39 Å². The minimum absolute atomic E-state index is 0.0429. The summed E-state index contributed by atoms with van der Waals surface area (Å²) >= 11 is 1.48. The third-order valence-electron chi connectivity index (χ3n) is 5.44. The molecular weight excluding hydrogens is 425 g/mol. The maximum atomic E-state index is 13.4. The first-order chi connectivity index (χ1) is 15.6. The van der Waals surface area contributed by atoms with Crippen LogP contribution in [0.15, 0.2) is 71.6 Å². The van der Waals surface area contributed by atoms with E-state index in [1.54, 1.807) is 18.2 Å². The van der Waals surface area contributed by atoms with Crippen molar-refractivity contribution in [3.63, 3.8) is 0 Å². The van der Waals surface area contributed by atoms with Crippen LogP contribution >= 0.6 is 11.8 Å². The second-order valence-corrected chi connectivity index (χ2v) is 8.64. The van der Waals surface area contributed by atoms with Crippen molar-refractivity contribution < 1.29 is 14.0 Å². The normalized spacial score (nSPS) is 13.0. The van der Waals surface area contributed by atoms with Gasteiger partial charge in [0.1, 0.15) is 5.82 Å². The number of para-hydroxylation sites is 1. The molecule has 2 heterocycles. The van der Waals surface area contributed by atoms with Crippen molar-refractivity contribution in [2.75, 3.05) is 16.4 Å². The molecule has 0 unspecified atom stereocenters. The van der Waals surface area contributed by atoms with Crippen molar-refractivity contribution in [2.45, 2.75) is 17.7 Å². The van der Waals surface area contributed by atoms with Crippen molar-refractivity contribution in [3.8, 4) is 11.3 Å². The first kappa shape index (κ1) is 20.3. The summed E-state index contributed by atoms with van der Waals surface area (Å²) in [5.74, 6) is -0.0427. The van der Waals surface area contributed by atoms with Gasteiger partial charge >= 0.3 is 0 Å². The Hall–Kier alpha value is -3.58. The van der Waals surface area contributed by atoms with Crippen LogP contribution in [-0.4, -0.2) is 22.6 Å². The van der Waals surface area contributed by atoms with Crippen LogP contribution in [0.4, 0.5) is 15.8 Å². The number of carbonyl (C=O) groups excluding carboxylic acids is 2. The van der Waals surface area contributed by atoms with E-state index in [-0.39, 0.29) is 24.1 Å². The maximum Gasteiger partial charge on any atom is 0.234 e. The van der Waals surface area contributed by atoms with Gasteiger partial charge in [-0.1, -0.05) is 18.2 Å². The van der Waals surface area contributed by atoms with Gasteiger partial charge in [-0.2, -0.15) is 0 Å². The lowest BCUT2D eigenvalue weighted by Gasteiger charge is -2.17. The third kappa shape index (κ3) is 4.11. The molecule has 4 aromatic rings. The van der Waals surface area contributed by atoms with Crippen molar-refractivity contribution >= 4 is 45.9 Å². The van der Waals surface area contributed by atoms with Crippen molar-refractivity contribution in [2.24, 2.45) is 0 Å². The number of hydrogen-bond acceptors (Lipinski definition) is 3. The molecule has 0 saturated carbocycles. The zero-order chi connectivity index (χ0) is 22.1. The number of H-pyrrole nitrogens is 1. The Kier molecular flexibility index (Phi) is 5.41. The fraction of sp³-hybridized carbons (Fsp3) is 0.120. The van der Waals surface area contributed by atoms with E-state index in [2.05, 4.69) is 15.6 Å². The van der Waals surface area contributed by atoms with Crippen molar-refractivity contribution in [1.82, 2.24) is 4.98 Å². The number of fused-ring (bicyclic) bond motifs is 2. The molecule has 3 N–H and O–H groups in total. The molecule has 0 saturated heterocycles. The second-order valence-electron chi connectivity index (χ2n) is 7.63. The molecular formula is C25H20FN3O2S. The molecule has 32 heavy (non-hydrogen) atoms. The topological polar surface area (TPSA) is 74.0 Å². The zero-order valence-corrected chi connectivity index (χ0v) is 17.9. The Labute approximate surface area is 188 Å². The van der Waals surface area contributed by atoms with Crippen LogP contribution in [-0.2, 0) is 16.0 Å². The SMILES string of the molecule is O=C(CCc1c(-c2ccc(F)cc2)[nH]c2ccccc12)Nc1ccc2c(c1)NC(=O)CS2. The van der Waals surface area contributed by atoms with Gasteiger partial charge in [0.2, 0.25) is 11.8 Å². The van der Waals surface area contributed by atoms with Gasteiger partial charge in [-0.15, -0.1) is 11.8 Å². The molecule has 160 valence electrons. The molecule has 1 aromatic heterocycles. The third-order valence-corrected chi connectivity index (χ3v) is 6.52. The molecule has 0 spiro atoms. The number of halogens is 1. The Morgan fingerprint density at radius 2 is 1.88 bits per heavy atom. The van der Waals surface area contributed by atoms with E-state index in [0.29, 0.717) is 17.9 Å². The first-order valence-corrected chi connectivity index (χ1v) is 11.3. The molecule has 0 fully saturated rings. The lowest BCUT2D eigenvalue weighted by atomic mass is 10.0. The van der Waals surface area contributed by atoms with Gasteiger partial charge in [-0.05, 0) is 66.1 Å². The summed E-state index contributed by atoms with van der Waals surface area (Å²) in [4.78, 5) is 28.7. The fourth-order valence-electron chi connectivity index (χ4n) is 3.95. The highest BCUT2D eigenvalue weighted by Gasteiger charge is 2.17. The van der Waals surface area contributed by atoms with E-state index in [9.17, 15) is 14.0 Å². The number of anilines is 2. The van der Waals surface area contributed by atoms with Gasteiger partial charge in [0.25, 0.3) is 0 Å². The summed E-state index contributed by atoms with van der Waals surface area (Å²) in [6, 6.07) is 19.8. The van der Waals surface area contributed by atoms with Crippen LogP contribution in [0.3, 0.4) is 0 Å². The summed E-state index contributed by atoms with van der Waals surface area (Å²) in [7, 11) is 0. The summed E-state index contributed by atoms with van der Waals surface area (Å²) in [6.45, 7) is 0. The maximum absolute atomic E-state index is 13.4.